The fourth-order valence-corrected chi connectivity index (χ4v) is 5.62. The molecule has 0 aliphatic heterocycles. The Morgan fingerprint density at radius 2 is 1.66 bits per heavy atom. The van der Waals surface area contributed by atoms with Gasteiger partial charge in [-0.3, -0.25) is 9.52 Å². The molecule has 0 aromatic heterocycles. The second-order valence-corrected chi connectivity index (χ2v) is 10.3. The predicted molar refractivity (Wildman–Crippen MR) is 135 cm³/mol. The molecule has 1 saturated carbocycles. The summed E-state index contributed by atoms with van der Waals surface area (Å²) >= 11 is 0. The zero-order chi connectivity index (χ0) is 24.9. The van der Waals surface area contributed by atoms with Crippen LogP contribution in [0, 0.1) is 0 Å². The van der Waals surface area contributed by atoms with E-state index in [9.17, 15) is 13.2 Å². The summed E-state index contributed by atoms with van der Waals surface area (Å²) in [4.78, 5) is 13.1. The third-order valence-corrected chi connectivity index (χ3v) is 7.94. The first kappa shape index (κ1) is 24.6. The minimum absolute atomic E-state index is 0.0170. The Morgan fingerprint density at radius 1 is 0.943 bits per heavy atom. The van der Waals surface area contributed by atoms with Gasteiger partial charge in [0, 0.05) is 18.3 Å². The molecular formula is C27H30N2O5S. The summed E-state index contributed by atoms with van der Waals surface area (Å²) in [5, 5.41) is 3.09. The Bertz CT molecular complexity index is 1270. The van der Waals surface area contributed by atoms with Crippen molar-refractivity contribution in [2.75, 3.05) is 25.5 Å². The van der Waals surface area contributed by atoms with Crippen LogP contribution in [-0.2, 0) is 26.7 Å². The fraction of sp³-hybridized carbons (Fsp3) is 0.296. The molecule has 0 saturated heterocycles. The third kappa shape index (κ3) is 5.27. The molecule has 1 aliphatic carbocycles. The highest BCUT2D eigenvalue weighted by Gasteiger charge is 2.45. The number of hydrogen-bond acceptors (Lipinski definition) is 5. The second-order valence-electron chi connectivity index (χ2n) is 8.63. The molecule has 0 unspecified atom stereocenters. The van der Waals surface area contributed by atoms with E-state index in [0.717, 1.165) is 31.2 Å². The molecule has 1 aliphatic rings. The minimum Gasteiger partial charge on any atom is -0.497 e. The highest BCUT2D eigenvalue weighted by atomic mass is 32.2. The molecule has 7 nitrogen and oxygen atoms in total. The number of carbonyl (C=O) groups is 1. The van der Waals surface area contributed by atoms with Crippen molar-refractivity contribution in [2.24, 2.45) is 0 Å². The standard InChI is InChI=1S/C27H30N2O5S/c1-33-23-13-14-24(34-2)25(19-23)35(31,32)29-22-11-9-21(10-12-22)27(16-6-17-27)26(30)28-18-15-20-7-4-3-5-8-20/h3-5,7-14,19,29H,6,15-18H2,1-2H3,(H,28,30). The molecule has 184 valence electrons. The van der Waals surface area contributed by atoms with E-state index in [1.54, 1.807) is 24.3 Å². The highest BCUT2D eigenvalue weighted by molar-refractivity contribution is 7.92. The molecule has 35 heavy (non-hydrogen) atoms. The van der Waals surface area contributed by atoms with E-state index in [0.29, 0.717) is 18.0 Å². The van der Waals surface area contributed by atoms with Gasteiger partial charge >= 0.3 is 0 Å². The van der Waals surface area contributed by atoms with Crippen molar-refractivity contribution >= 4 is 21.6 Å². The smallest absolute Gasteiger partial charge is 0.265 e. The number of benzene rings is 3. The van der Waals surface area contributed by atoms with Crippen LogP contribution in [0.15, 0.2) is 77.7 Å². The van der Waals surface area contributed by atoms with Gasteiger partial charge in [0.25, 0.3) is 10.0 Å². The van der Waals surface area contributed by atoms with Crippen molar-refractivity contribution in [3.63, 3.8) is 0 Å². The lowest BCUT2D eigenvalue weighted by Crippen LogP contribution is -2.49. The fourth-order valence-electron chi connectivity index (χ4n) is 4.37. The number of methoxy groups -OCH3 is 2. The quantitative estimate of drug-likeness (QED) is 0.439. The highest BCUT2D eigenvalue weighted by Crippen LogP contribution is 2.44. The number of rotatable bonds is 10. The largest absolute Gasteiger partial charge is 0.497 e. The molecule has 0 spiro atoms. The van der Waals surface area contributed by atoms with E-state index in [-0.39, 0.29) is 16.6 Å². The topological polar surface area (TPSA) is 93.7 Å². The molecule has 0 heterocycles. The van der Waals surface area contributed by atoms with Crippen molar-refractivity contribution in [1.82, 2.24) is 5.32 Å². The Hall–Kier alpha value is -3.52. The Balaban J connectivity index is 1.46. The predicted octanol–water partition coefficient (Wildman–Crippen LogP) is 4.29. The van der Waals surface area contributed by atoms with E-state index in [4.69, 9.17) is 9.47 Å². The van der Waals surface area contributed by atoms with Gasteiger partial charge in [0.05, 0.1) is 19.6 Å². The van der Waals surface area contributed by atoms with Crippen molar-refractivity contribution < 1.29 is 22.7 Å². The van der Waals surface area contributed by atoms with Crippen LogP contribution in [0.3, 0.4) is 0 Å². The van der Waals surface area contributed by atoms with Crippen LogP contribution in [0.2, 0.25) is 0 Å². The minimum atomic E-state index is -3.92. The maximum absolute atomic E-state index is 13.1. The number of amides is 1. The lowest BCUT2D eigenvalue weighted by Gasteiger charge is -2.40. The second kappa shape index (κ2) is 10.4. The molecule has 4 rings (SSSR count). The molecule has 1 fully saturated rings. The lowest BCUT2D eigenvalue weighted by atomic mass is 9.64. The molecule has 1 amide bonds. The summed E-state index contributed by atoms with van der Waals surface area (Å²) in [6, 6.07) is 21.7. The normalized spacial score (nSPS) is 14.5. The van der Waals surface area contributed by atoms with E-state index >= 15 is 0 Å². The number of nitrogens with one attached hydrogen (secondary N) is 2. The van der Waals surface area contributed by atoms with Gasteiger partial charge in [0.2, 0.25) is 5.91 Å². The van der Waals surface area contributed by atoms with E-state index in [2.05, 4.69) is 10.0 Å². The SMILES string of the molecule is COc1ccc(OC)c(S(=O)(=O)Nc2ccc(C3(C(=O)NCCc4ccccc4)CCC3)cc2)c1. The maximum Gasteiger partial charge on any atom is 0.265 e. The van der Waals surface area contributed by atoms with E-state index in [1.807, 2.05) is 42.5 Å². The summed E-state index contributed by atoms with van der Waals surface area (Å²) in [5.41, 5.74) is 1.91. The molecule has 0 atom stereocenters. The average molecular weight is 495 g/mol. The first-order valence-electron chi connectivity index (χ1n) is 11.6. The van der Waals surface area contributed by atoms with Crippen LogP contribution in [0.5, 0.6) is 11.5 Å². The number of anilines is 1. The third-order valence-electron chi connectivity index (χ3n) is 6.53. The molecular weight excluding hydrogens is 464 g/mol. The van der Waals surface area contributed by atoms with Gasteiger partial charge in [0.1, 0.15) is 16.4 Å². The first-order chi connectivity index (χ1) is 16.9. The molecule has 0 radical (unpaired) electrons. The van der Waals surface area contributed by atoms with Crippen LogP contribution in [0.25, 0.3) is 0 Å². The van der Waals surface area contributed by atoms with Crippen LogP contribution >= 0.6 is 0 Å². The summed E-state index contributed by atoms with van der Waals surface area (Å²) in [7, 11) is -1.03. The molecule has 3 aromatic carbocycles. The molecule has 2 N–H and O–H groups in total. The summed E-state index contributed by atoms with van der Waals surface area (Å²) < 4.78 is 39.0. The Morgan fingerprint density at radius 3 is 2.26 bits per heavy atom. The van der Waals surface area contributed by atoms with E-state index in [1.165, 1.54) is 25.8 Å². The average Bonchev–Trinajstić information content (AvgIpc) is 2.84. The van der Waals surface area contributed by atoms with Crippen molar-refractivity contribution in [3.05, 3.63) is 83.9 Å². The van der Waals surface area contributed by atoms with Gasteiger partial charge in [-0.1, -0.05) is 48.9 Å². The molecule has 0 bridgehead atoms. The Labute approximate surface area is 206 Å². The molecule has 3 aromatic rings. The van der Waals surface area contributed by atoms with Gasteiger partial charge in [-0.2, -0.15) is 0 Å². The van der Waals surface area contributed by atoms with Crippen LogP contribution < -0.4 is 19.5 Å². The number of sulfonamides is 1. The zero-order valence-corrected chi connectivity index (χ0v) is 20.7. The van der Waals surface area contributed by atoms with Gasteiger partial charge in [0.15, 0.2) is 0 Å². The van der Waals surface area contributed by atoms with E-state index < -0.39 is 15.4 Å². The monoisotopic (exact) mass is 494 g/mol. The maximum atomic E-state index is 13.1. The Kier molecular flexibility index (Phi) is 7.31. The van der Waals surface area contributed by atoms with Crippen LogP contribution in [0.4, 0.5) is 5.69 Å². The summed E-state index contributed by atoms with van der Waals surface area (Å²) in [5.74, 6) is 0.649. The van der Waals surface area contributed by atoms with Gasteiger partial charge < -0.3 is 14.8 Å². The van der Waals surface area contributed by atoms with Crippen LogP contribution in [-0.4, -0.2) is 35.1 Å². The summed E-state index contributed by atoms with van der Waals surface area (Å²) in [6.45, 7) is 0.574. The lowest BCUT2D eigenvalue weighted by molar-refractivity contribution is -0.129. The first-order valence-corrected chi connectivity index (χ1v) is 13.0. The van der Waals surface area contributed by atoms with Crippen molar-refractivity contribution in [2.45, 2.75) is 36.0 Å². The van der Waals surface area contributed by atoms with Gasteiger partial charge in [-0.15, -0.1) is 0 Å². The van der Waals surface area contributed by atoms with Crippen LogP contribution in [0.1, 0.15) is 30.4 Å². The number of ether oxygens (including phenoxy) is 2. The van der Waals surface area contributed by atoms with Crippen molar-refractivity contribution in [3.8, 4) is 11.5 Å². The number of hydrogen-bond donors (Lipinski definition) is 2. The summed E-state index contributed by atoms with van der Waals surface area (Å²) in [6.07, 6.45) is 3.31. The van der Waals surface area contributed by atoms with Gasteiger partial charge in [-0.05, 0) is 54.7 Å². The molecule has 8 heteroatoms. The number of carbonyl (C=O) groups excluding carboxylic acids is 1. The van der Waals surface area contributed by atoms with Crippen molar-refractivity contribution in [1.29, 1.82) is 0 Å². The zero-order valence-electron chi connectivity index (χ0n) is 19.9. The van der Waals surface area contributed by atoms with Gasteiger partial charge in [-0.25, -0.2) is 8.42 Å².